The van der Waals surface area contributed by atoms with E-state index in [-0.39, 0.29) is 5.56 Å². The molecule has 1 atom stereocenters. The van der Waals surface area contributed by atoms with Crippen LogP contribution in [0, 0.1) is 5.82 Å². The molecule has 5 rings (SSSR count). The lowest BCUT2D eigenvalue weighted by molar-refractivity contribution is -0.113. The quantitative estimate of drug-likeness (QED) is 0.400. The van der Waals surface area contributed by atoms with E-state index in [1.807, 2.05) is 6.07 Å². The van der Waals surface area contributed by atoms with Gasteiger partial charge in [-0.3, -0.25) is 14.2 Å². The summed E-state index contributed by atoms with van der Waals surface area (Å²) in [6.07, 6.45) is 1.70. The SMILES string of the molecule is COC(=O)c1ccc(/C=c2\sc3n(c2=O)C(c2ccc(F)cc2)C(C(=O)Nc2ccccc2)=C(C)N=3)cc1. The van der Waals surface area contributed by atoms with Gasteiger partial charge in [-0.2, -0.15) is 0 Å². The topological polar surface area (TPSA) is 89.8 Å². The van der Waals surface area contributed by atoms with Gasteiger partial charge in [-0.1, -0.05) is 53.8 Å². The lowest BCUT2D eigenvalue weighted by atomic mass is 9.95. The fourth-order valence-electron chi connectivity index (χ4n) is 4.28. The van der Waals surface area contributed by atoms with Crippen LogP contribution in [0.4, 0.5) is 10.1 Å². The molecule has 0 spiro atoms. The Bertz CT molecular complexity index is 1740. The Morgan fingerprint density at radius 1 is 1.03 bits per heavy atom. The number of ether oxygens (including phenoxy) is 1. The van der Waals surface area contributed by atoms with Gasteiger partial charge in [0.05, 0.1) is 34.5 Å². The number of hydrogen-bond acceptors (Lipinski definition) is 6. The summed E-state index contributed by atoms with van der Waals surface area (Å²) in [4.78, 5) is 44.0. The molecule has 1 amide bonds. The van der Waals surface area contributed by atoms with E-state index in [4.69, 9.17) is 4.74 Å². The number of allylic oxidation sites excluding steroid dienone is 1. The van der Waals surface area contributed by atoms with Crippen molar-refractivity contribution in [1.82, 2.24) is 4.57 Å². The van der Waals surface area contributed by atoms with Crippen LogP contribution in [0.1, 0.15) is 34.5 Å². The maximum atomic E-state index is 13.8. The third-order valence-electron chi connectivity index (χ3n) is 6.11. The zero-order valence-electron chi connectivity index (χ0n) is 20.5. The number of aromatic nitrogens is 1. The number of esters is 1. The van der Waals surface area contributed by atoms with Crippen LogP contribution in [0.5, 0.6) is 0 Å². The van der Waals surface area contributed by atoms with Crippen LogP contribution in [-0.2, 0) is 9.53 Å². The molecule has 3 aromatic carbocycles. The highest BCUT2D eigenvalue weighted by atomic mass is 32.1. The van der Waals surface area contributed by atoms with Crippen molar-refractivity contribution >= 4 is 35.0 Å². The van der Waals surface area contributed by atoms with Gasteiger partial charge in [0.1, 0.15) is 5.82 Å². The van der Waals surface area contributed by atoms with E-state index in [2.05, 4.69) is 10.3 Å². The Balaban J connectivity index is 1.62. The molecule has 4 aromatic rings. The van der Waals surface area contributed by atoms with Crippen molar-refractivity contribution in [2.24, 2.45) is 4.99 Å². The minimum absolute atomic E-state index is 0.293. The van der Waals surface area contributed by atoms with Gasteiger partial charge >= 0.3 is 5.97 Å². The van der Waals surface area contributed by atoms with Gasteiger partial charge in [0, 0.05) is 5.69 Å². The first-order valence-electron chi connectivity index (χ1n) is 11.7. The molecule has 9 heteroatoms. The first-order chi connectivity index (χ1) is 18.4. The van der Waals surface area contributed by atoms with Crippen LogP contribution in [0.2, 0.25) is 0 Å². The molecule has 190 valence electrons. The Labute approximate surface area is 220 Å². The number of nitrogens with zero attached hydrogens (tertiary/aromatic N) is 2. The number of rotatable bonds is 5. The van der Waals surface area contributed by atoms with E-state index >= 15 is 0 Å². The van der Waals surface area contributed by atoms with Crippen molar-refractivity contribution < 1.29 is 18.7 Å². The fraction of sp³-hybridized carbons (Fsp3) is 0.103. The van der Waals surface area contributed by atoms with Crippen LogP contribution < -0.4 is 20.2 Å². The molecule has 1 unspecified atom stereocenters. The number of halogens is 1. The van der Waals surface area contributed by atoms with Gasteiger partial charge in [-0.25, -0.2) is 14.2 Å². The molecule has 38 heavy (non-hydrogen) atoms. The van der Waals surface area contributed by atoms with Gasteiger partial charge in [0.15, 0.2) is 4.80 Å². The monoisotopic (exact) mass is 527 g/mol. The van der Waals surface area contributed by atoms with E-state index in [1.54, 1.807) is 73.7 Å². The van der Waals surface area contributed by atoms with Gasteiger partial charge in [0.2, 0.25) is 0 Å². The van der Waals surface area contributed by atoms with Gasteiger partial charge in [0.25, 0.3) is 11.5 Å². The van der Waals surface area contributed by atoms with Crippen LogP contribution in [-0.4, -0.2) is 23.6 Å². The van der Waals surface area contributed by atoms with Crippen molar-refractivity contribution in [2.75, 3.05) is 12.4 Å². The number of thiazole rings is 1. The summed E-state index contributed by atoms with van der Waals surface area (Å²) < 4.78 is 20.4. The highest BCUT2D eigenvalue weighted by molar-refractivity contribution is 7.07. The third-order valence-corrected chi connectivity index (χ3v) is 7.10. The van der Waals surface area contributed by atoms with Gasteiger partial charge in [-0.15, -0.1) is 0 Å². The van der Waals surface area contributed by atoms with E-state index in [0.29, 0.717) is 43.0 Å². The molecule has 1 aromatic heterocycles. The van der Waals surface area contributed by atoms with Crippen molar-refractivity contribution in [3.63, 3.8) is 0 Å². The minimum Gasteiger partial charge on any atom is -0.465 e. The number of hydrogen-bond donors (Lipinski definition) is 1. The fourth-order valence-corrected chi connectivity index (χ4v) is 5.32. The molecule has 1 aliphatic rings. The second kappa shape index (κ2) is 10.4. The summed E-state index contributed by atoms with van der Waals surface area (Å²) in [5, 5.41) is 2.88. The van der Waals surface area contributed by atoms with Crippen molar-refractivity contribution in [1.29, 1.82) is 0 Å². The molecule has 0 aliphatic carbocycles. The maximum absolute atomic E-state index is 13.8. The first-order valence-corrected chi connectivity index (χ1v) is 12.5. The smallest absolute Gasteiger partial charge is 0.337 e. The summed E-state index contributed by atoms with van der Waals surface area (Å²) in [6, 6.07) is 20.6. The Morgan fingerprint density at radius 2 is 1.71 bits per heavy atom. The Hall–Kier alpha value is -4.63. The second-order valence-electron chi connectivity index (χ2n) is 8.57. The molecule has 0 fully saturated rings. The summed E-state index contributed by atoms with van der Waals surface area (Å²) in [6.45, 7) is 1.72. The molecular formula is C29H22FN3O4S. The number of fused-ring (bicyclic) bond motifs is 1. The molecule has 0 saturated heterocycles. The summed E-state index contributed by atoms with van der Waals surface area (Å²) >= 11 is 1.19. The number of nitrogens with one attached hydrogen (secondary N) is 1. The van der Waals surface area contributed by atoms with Gasteiger partial charge in [-0.05, 0) is 60.5 Å². The third kappa shape index (κ3) is 4.83. The van der Waals surface area contributed by atoms with E-state index < -0.39 is 23.7 Å². The number of para-hydroxylation sites is 1. The van der Waals surface area contributed by atoms with Crippen molar-refractivity contribution in [2.45, 2.75) is 13.0 Å². The largest absolute Gasteiger partial charge is 0.465 e. The number of methoxy groups -OCH3 is 1. The predicted octanol–water partition coefficient (Wildman–Crippen LogP) is 3.80. The lowest BCUT2D eigenvalue weighted by Gasteiger charge is -2.25. The average Bonchev–Trinajstić information content (AvgIpc) is 3.23. The number of amides is 1. The van der Waals surface area contributed by atoms with E-state index in [1.165, 1.54) is 35.1 Å². The molecule has 0 bridgehead atoms. The Morgan fingerprint density at radius 3 is 2.37 bits per heavy atom. The zero-order chi connectivity index (χ0) is 26.8. The normalized spacial score (nSPS) is 15.0. The molecule has 0 saturated carbocycles. The molecule has 1 N–H and O–H groups in total. The molecule has 0 radical (unpaired) electrons. The van der Waals surface area contributed by atoms with Crippen LogP contribution in [0.15, 0.2) is 99.9 Å². The molecular weight excluding hydrogens is 505 g/mol. The summed E-state index contributed by atoms with van der Waals surface area (Å²) in [7, 11) is 1.31. The highest BCUT2D eigenvalue weighted by Crippen LogP contribution is 2.31. The van der Waals surface area contributed by atoms with Crippen LogP contribution in [0.25, 0.3) is 6.08 Å². The standard InChI is InChI=1S/C29H22FN3O4S/c1-17-24(26(34)32-22-6-4-3-5-7-22)25(19-12-14-21(30)15-13-19)33-27(35)23(38-29(33)31-17)16-18-8-10-20(11-9-18)28(36)37-2/h3-16,25H,1-2H3,(H,32,34)/b23-16-. The summed E-state index contributed by atoms with van der Waals surface area (Å²) in [5.41, 5.74) is 2.70. The number of carbonyl (C=O) groups is 2. The maximum Gasteiger partial charge on any atom is 0.337 e. The van der Waals surface area contributed by atoms with Crippen molar-refractivity contribution in [3.05, 3.63) is 132 Å². The summed E-state index contributed by atoms with van der Waals surface area (Å²) in [5.74, 6) is -1.28. The second-order valence-corrected chi connectivity index (χ2v) is 9.58. The predicted molar refractivity (Wildman–Crippen MR) is 143 cm³/mol. The number of carbonyl (C=O) groups excluding carboxylic acids is 2. The van der Waals surface area contributed by atoms with Crippen molar-refractivity contribution in [3.8, 4) is 0 Å². The molecule has 2 heterocycles. The van der Waals surface area contributed by atoms with Crippen LogP contribution >= 0.6 is 11.3 Å². The first kappa shape index (κ1) is 25.0. The minimum atomic E-state index is -0.806. The Kier molecular flexibility index (Phi) is 6.85. The molecule has 7 nitrogen and oxygen atoms in total. The van der Waals surface area contributed by atoms with Crippen LogP contribution in [0.3, 0.4) is 0 Å². The van der Waals surface area contributed by atoms with E-state index in [9.17, 15) is 18.8 Å². The number of anilines is 1. The van der Waals surface area contributed by atoms with Gasteiger partial charge < -0.3 is 10.1 Å². The zero-order valence-corrected chi connectivity index (χ0v) is 21.3. The van der Waals surface area contributed by atoms with E-state index in [0.717, 1.165) is 0 Å². The lowest BCUT2D eigenvalue weighted by Crippen LogP contribution is -2.40. The number of benzene rings is 3. The molecule has 1 aliphatic heterocycles. The highest BCUT2D eigenvalue weighted by Gasteiger charge is 2.32. The average molecular weight is 528 g/mol.